The molecule has 0 bridgehead atoms. The zero-order chi connectivity index (χ0) is 11.7. The molecule has 0 spiro atoms. The van der Waals surface area contributed by atoms with E-state index >= 15 is 0 Å². The van der Waals surface area contributed by atoms with Crippen molar-refractivity contribution in [1.82, 2.24) is 9.78 Å². The van der Waals surface area contributed by atoms with E-state index in [-0.39, 0.29) is 12.1 Å². The molecule has 1 fully saturated rings. The van der Waals surface area contributed by atoms with Crippen LogP contribution in [0.5, 0.6) is 5.75 Å². The standard InChI is InChI=1S/C11H19N3O2/c1-14-10(8(15-2)6-13-14)9(12)11(16-3)7-4-5-7/h6-7,9,11H,4-5,12H2,1-3H3. The molecule has 1 aliphatic carbocycles. The molecule has 1 saturated carbocycles. The molecule has 1 heterocycles. The molecule has 1 aromatic heterocycles. The lowest BCUT2D eigenvalue weighted by Crippen LogP contribution is -2.31. The van der Waals surface area contributed by atoms with Crippen LogP contribution in [0.15, 0.2) is 6.20 Å². The third-order valence-corrected chi connectivity index (χ3v) is 3.20. The molecule has 1 aromatic rings. The predicted octanol–water partition coefficient (Wildman–Crippen LogP) is 0.853. The number of ether oxygens (including phenoxy) is 2. The molecule has 0 radical (unpaired) electrons. The molecule has 2 unspecified atom stereocenters. The molecular formula is C11H19N3O2. The number of aromatic nitrogens is 2. The monoisotopic (exact) mass is 225 g/mol. The number of rotatable bonds is 5. The maximum absolute atomic E-state index is 6.25. The van der Waals surface area contributed by atoms with Crippen LogP contribution >= 0.6 is 0 Å². The third kappa shape index (κ3) is 1.92. The van der Waals surface area contributed by atoms with Gasteiger partial charge in [-0.3, -0.25) is 4.68 Å². The molecular weight excluding hydrogens is 206 g/mol. The zero-order valence-electron chi connectivity index (χ0n) is 10.0. The Morgan fingerprint density at radius 1 is 1.50 bits per heavy atom. The van der Waals surface area contributed by atoms with Crippen LogP contribution < -0.4 is 10.5 Å². The van der Waals surface area contributed by atoms with E-state index in [0.29, 0.717) is 5.92 Å². The summed E-state index contributed by atoms with van der Waals surface area (Å²) >= 11 is 0. The van der Waals surface area contributed by atoms with E-state index < -0.39 is 0 Å². The van der Waals surface area contributed by atoms with E-state index in [1.807, 2.05) is 7.05 Å². The molecule has 0 aliphatic heterocycles. The summed E-state index contributed by atoms with van der Waals surface area (Å²) in [6.07, 6.45) is 4.15. The van der Waals surface area contributed by atoms with Crippen molar-refractivity contribution in [1.29, 1.82) is 0 Å². The third-order valence-electron chi connectivity index (χ3n) is 3.20. The highest BCUT2D eigenvalue weighted by molar-refractivity contribution is 5.29. The van der Waals surface area contributed by atoms with Crippen LogP contribution in [0, 0.1) is 5.92 Å². The van der Waals surface area contributed by atoms with Gasteiger partial charge in [0, 0.05) is 14.2 Å². The van der Waals surface area contributed by atoms with Gasteiger partial charge in [0.1, 0.15) is 0 Å². The van der Waals surface area contributed by atoms with E-state index in [2.05, 4.69) is 5.10 Å². The van der Waals surface area contributed by atoms with Gasteiger partial charge in [-0.2, -0.15) is 5.10 Å². The first-order valence-corrected chi connectivity index (χ1v) is 5.53. The zero-order valence-corrected chi connectivity index (χ0v) is 10.0. The minimum atomic E-state index is -0.181. The minimum Gasteiger partial charge on any atom is -0.493 e. The molecule has 0 amide bonds. The van der Waals surface area contributed by atoms with Crippen molar-refractivity contribution >= 4 is 0 Å². The van der Waals surface area contributed by atoms with Crippen LogP contribution in [-0.4, -0.2) is 30.1 Å². The SMILES string of the molecule is COc1cnn(C)c1C(N)C(OC)C1CC1. The summed E-state index contributed by atoms with van der Waals surface area (Å²) in [4.78, 5) is 0. The van der Waals surface area contributed by atoms with Crippen molar-refractivity contribution in [2.24, 2.45) is 18.7 Å². The van der Waals surface area contributed by atoms with E-state index in [1.165, 1.54) is 12.8 Å². The van der Waals surface area contributed by atoms with Gasteiger partial charge in [-0.25, -0.2) is 0 Å². The fourth-order valence-corrected chi connectivity index (χ4v) is 2.18. The summed E-state index contributed by atoms with van der Waals surface area (Å²) in [7, 11) is 5.22. The van der Waals surface area contributed by atoms with E-state index in [0.717, 1.165) is 11.4 Å². The van der Waals surface area contributed by atoms with Gasteiger partial charge in [-0.1, -0.05) is 0 Å². The van der Waals surface area contributed by atoms with Crippen molar-refractivity contribution in [2.45, 2.75) is 25.0 Å². The Labute approximate surface area is 95.5 Å². The molecule has 1 aliphatic rings. The van der Waals surface area contributed by atoms with Gasteiger partial charge < -0.3 is 15.2 Å². The summed E-state index contributed by atoms with van der Waals surface area (Å²) in [5.41, 5.74) is 7.15. The molecule has 5 nitrogen and oxygen atoms in total. The van der Waals surface area contributed by atoms with Crippen molar-refractivity contribution in [3.63, 3.8) is 0 Å². The number of nitrogens with zero attached hydrogens (tertiary/aromatic N) is 2. The Morgan fingerprint density at radius 2 is 2.19 bits per heavy atom. The van der Waals surface area contributed by atoms with Gasteiger partial charge in [-0.05, 0) is 18.8 Å². The fourth-order valence-electron chi connectivity index (χ4n) is 2.18. The molecule has 2 rings (SSSR count). The van der Waals surface area contributed by atoms with Gasteiger partial charge in [-0.15, -0.1) is 0 Å². The molecule has 5 heteroatoms. The average molecular weight is 225 g/mol. The lowest BCUT2D eigenvalue weighted by atomic mass is 10.0. The highest BCUT2D eigenvalue weighted by atomic mass is 16.5. The molecule has 0 aromatic carbocycles. The van der Waals surface area contributed by atoms with Crippen molar-refractivity contribution in [2.75, 3.05) is 14.2 Å². The first-order chi connectivity index (χ1) is 7.69. The maximum Gasteiger partial charge on any atom is 0.161 e. The van der Waals surface area contributed by atoms with Gasteiger partial charge in [0.05, 0.1) is 31.1 Å². The van der Waals surface area contributed by atoms with Gasteiger partial charge in [0.15, 0.2) is 5.75 Å². The molecule has 90 valence electrons. The second-order valence-electron chi connectivity index (χ2n) is 4.29. The number of nitrogens with two attached hydrogens (primary N) is 1. The largest absolute Gasteiger partial charge is 0.493 e. The van der Waals surface area contributed by atoms with Gasteiger partial charge in [0.2, 0.25) is 0 Å². The number of hydrogen-bond donors (Lipinski definition) is 1. The normalized spacial score (nSPS) is 19.5. The number of hydrogen-bond acceptors (Lipinski definition) is 4. The van der Waals surface area contributed by atoms with E-state index in [4.69, 9.17) is 15.2 Å². The fraction of sp³-hybridized carbons (Fsp3) is 0.727. The highest BCUT2D eigenvalue weighted by Crippen LogP contribution is 2.40. The van der Waals surface area contributed by atoms with E-state index in [9.17, 15) is 0 Å². The second kappa shape index (κ2) is 4.43. The van der Waals surface area contributed by atoms with Crippen LogP contribution in [0.2, 0.25) is 0 Å². The first-order valence-electron chi connectivity index (χ1n) is 5.53. The van der Waals surface area contributed by atoms with Crippen LogP contribution in [0.1, 0.15) is 24.6 Å². The lowest BCUT2D eigenvalue weighted by Gasteiger charge is -2.23. The van der Waals surface area contributed by atoms with Crippen LogP contribution in [0.3, 0.4) is 0 Å². The topological polar surface area (TPSA) is 62.3 Å². The molecule has 0 saturated heterocycles. The minimum absolute atomic E-state index is 0.0595. The van der Waals surface area contributed by atoms with Crippen LogP contribution in [0.25, 0.3) is 0 Å². The average Bonchev–Trinajstić information content (AvgIpc) is 3.02. The highest BCUT2D eigenvalue weighted by Gasteiger charge is 2.38. The Bertz CT molecular complexity index is 360. The van der Waals surface area contributed by atoms with Gasteiger partial charge in [0.25, 0.3) is 0 Å². The van der Waals surface area contributed by atoms with Crippen LogP contribution in [0.4, 0.5) is 0 Å². The summed E-state index contributed by atoms with van der Waals surface area (Å²) in [6, 6.07) is -0.181. The summed E-state index contributed by atoms with van der Waals surface area (Å²) in [5, 5.41) is 4.16. The second-order valence-corrected chi connectivity index (χ2v) is 4.29. The Hall–Kier alpha value is -1.07. The van der Waals surface area contributed by atoms with Crippen molar-refractivity contribution in [3.05, 3.63) is 11.9 Å². The smallest absolute Gasteiger partial charge is 0.161 e. The van der Waals surface area contributed by atoms with Crippen molar-refractivity contribution < 1.29 is 9.47 Å². The number of aryl methyl sites for hydroxylation is 1. The Kier molecular flexibility index (Phi) is 3.16. The maximum atomic E-state index is 6.25. The first kappa shape index (κ1) is 11.4. The molecule has 16 heavy (non-hydrogen) atoms. The van der Waals surface area contributed by atoms with Crippen molar-refractivity contribution in [3.8, 4) is 5.75 Å². The predicted molar refractivity (Wildman–Crippen MR) is 60.2 cm³/mol. The lowest BCUT2D eigenvalue weighted by molar-refractivity contribution is 0.0595. The Morgan fingerprint density at radius 3 is 2.69 bits per heavy atom. The quantitative estimate of drug-likeness (QED) is 0.807. The Balaban J connectivity index is 2.23. The molecule has 2 atom stereocenters. The summed E-state index contributed by atoms with van der Waals surface area (Å²) in [6.45, 7) is 0. The number of methoxy groups -OCH3 is 2. The van der Waals surface area contributed by atoms with Gasteiger partial charge >= 0.3 is 0 Å². The molecule has 2 N–H and O–H groups in total. The van der Waals surface area contributed by atoms with E-state index in [1.54, 1.807) is 25.1 Å². The van der Waals surface area contributed by atoms with Crippen LogP contribution in [-0.2, 0) is 11.8 Å². The summed E-state index contributed by atoms with van der Waals surface area (Å²) < 4.78 is 12.5. The summed E-state index contributed by atoms with van der Waals surface area (Å²) in [5.74, 6) is 1.32.